The molecular weight excluding hydrogens is 206 g/mol. The van der Waals surface area contributed by atoms with Crippen LogP contribution in [0.4, 0.5) is 0 Å². The standard InChI is InChI=1S/C12H25NO3/c1-10(2)13(9-11(3)16-4)8-6-5-7-12(14)15/h10-11H,5-9H2,1-4H3,(H,14,15). The van der Waals surface area contributed by atoms with Gasteiger partial charge in [-0.05, 0) is 40.2 Å². The summed E-state index contributed by atoms with van der Waals surface area (Å²) in [6, 6.07) is 0.474. The predicted octanol–water partition coefficient (Wildman–Crippen LogP) is 1.99. The van der Waals surface area contributed by atoms with Crippen molar-refractivity contribution in [3.63, 3.8) is 0 Å². The van der Waals surface area contributed by atoms with Gasteiger partial charge in [-0.1, -0.05) is 0 Å². The maximum Gasteiger partial charge on any atom is 0.303 e. The van der Waals surface area contributed by atoms with Crippen LogP contribution in [0.25, 0.3) is 0 Å². The van der Waals surface area contributed by atoms with Crippen molar-refractivity contribution in [3.05, 3.63) is 0 Å². The van der Waals surface area contributed by atoms with E-state index in [1.165, 1.54) is 0 Å². The molecular formula is C12H25NO3. The van der Waals surface area contributed by atoms with E-state index in [1.807, 2.05) is 6.92 Å². The Morgan fingerprint density at radius 2 is 1.94 bits per heavy atom. The lowest BCUT2D eigenvalue weighted by Gasteiger charge is -2.28. The van der Waals surface area contributed by atoms with Crippen LogP contribution in [0, 0.1) is 0 Å². The minimum Gasteiger partial charge on any atom is -0.481 e. The lowest BCUT2D eigenvalue weighted by Crippen LogP contribution is -2.37. The van der Waals surface area contributed by atoms with E-state index in [2.05, 4.69) is 18.7 Å². The molecule has 0 amide bonds. The molecule has 1 unspecified atom stereocenters. The molecule has 0 aromatic carbocycles. The van der Waals surface area contributed by atoms with E-state index in [4.69, 9.17) is 9.84 Å². The summed E-state index contributed by atoms with van der Waals surface area (Å²) in [7, 11) is 1.72. The van der Waals surface area contributed by atoms with Gasteiger partial charge in [0.05, 0.1) is 6.10 Å². The topological polar surface area (TPSA) is 49.8 Å². The number of nitrogens with zero attached hydrogens (tertiary/aromatic N) is 1. The lowest BCUT2D eigenvalue weighted by atomic mass is 10.2. The molecule has 1 N–H and O–H groups in total. The molecule has 0 aromatic heterocycles. The highest BCUT2D eigenvalue weighted by atomic mass is 16.5. The van der Waals surface area contributed by atoms with E-state index < -0.39 is 5.97 Å². The molecule has 0 saturated carbocycles. The number of hydrogen-bond acceptors (Lipinski definition) is 3. The fraction of sp³-hybridized carbons (Fsp3) is 0.917. The molecule has 0 saturated heterocycles. The monoisotopic (exact) mass is 231 g/mol. The number of carbonyl (C=O) groups is 1. The molecule has 0 aromatic rings. The van der Waals surface area contributed by atoms with Gasteiger partial charge in [0.25, 0.3) is 0 Å². The zero-order valence-corrected chi connectivity index (χ0v) is 10.9. The number of hydrogen-bond donors (Lipinski definition) is 1. The van der Waals surface area contributed by atoms with E-state index in [1.54, 1.807) is 7.11 Å². The van der Waals surface area contributed by atoms with E-state index in [9.17, 15) is 4.79 Å². The second-order valence-electron chi connectivity index (χ2n) is 4.49. The van der Waals surface area contributed by atoms with Crippen LogP contribution in [-0.2, 0) is 9.53 Å². The lowest BCUT2D eigenvalue weighted by molar-refractivity contribution is -0.137. The molecule has 0 heterocycles. The van der Waals surface area contributed by atoms with Crippen LogP contribution in [0.15, 0.2) is 0 Å². The Labute approximate surface area is 98.6 Å². The molecule has 0 aliphatic carbocycles. The molecule has 0 bridgehead atoms. The van der Waals surface area contributed by atoms with Gasteiger partial charge >= 0.3 is 5.97 Å². The minimum atomic E-state index is -0.707. The van der Waals surface area contributed by atoms with Gasteiger partial charge in [0, 0.05) is 26.1 Å². The normalized spacial score (nSPS) is 13.4. The summed E-state index contributed by atoms with van der Waals surface area (Å²) < 4.78 is 5.24. The summed E-state index contributed by atoms with van der Waals surface area (Å²) in [5, 5.41) is 8.54. The molecule has 4 heteroatoms. The zero-order valence-electron chi connectivity index (χ0n) is 10.9. The van der Waals surface area contributed by atoms with E-state index >= 15 is 0 Å². The predicted molar refractivity (Wildman–Crippen MR) is 64.7 cm³/mol. The Hall–Kier alpha value is -0.610. The van der Waals surface area contributed by atoms with Crippen molar-refractivity contribution in [3.8, 4) is 0 Å². The molecule has 0 radical (unpaired) electrons. The number of carboxylic acid groups (broad SMARTS) is 1. The Bertz CT molecular complexity index is 195. The van der Waals surface area contributed by atoms with E-state index in [0.717, 1.165) is 25.9 Å². The number of ether oxygens (including phenoxy) is 1. The second-order valence-corrected chi connectivity index (χ2v) is 4.49. The van der Waals surface area contributed by atoms with Crippen molar-refractivity contribution in [1.82, 2.24) is 4.90 Å². The molecule has 0 fully saturated rings. The third-order valence-electron chi connectivity index (χ3n) is 2.71. The molecule has 0 aliphatic rings. The smallest absolute Gasteiger partial charge is 0.303 e. The van der Waals surface area contributed by atoms with Crippen LogP contribution in [0.3, 0.4) is 0 Å². The third-order valence-corrected chi connectivity index (χ3v) is 2.71. The fourth-order valence-corrected chi connectivity index (χ4v) is 1.56. The number of methoxy groups -OCH3 is 1. The maximum absolute atomic E-state index is 10.4. The Balaban J connectivity index is 3.81. The van der Waals surface area contributed by atoms with Crippen LogP contribution in [0.1, 0.15) is 40.0 Å². The first kappa shape index (κ1) is 15.4. The number of carboxylic acids is 1. The highest BCUT2D eigenvalue weighted by molar-refractivity contribution is 5.66. The van der Waals surface area contributed by atoms with Gasteiger partial charge in [-0.25, -0.2) is 0 Å². The van der Waals surface area contributed by atoms with E-state index in [-0.39, 0.29) is 12.5 Å². The molecule has 16 heavy (non-hydrogen) atoms. The first-order chi connectivity index (χ1) is 7.47. The van der Waals surface area contributed by atoms with Crippen LogP contribution < -0.4 is 0 Å². The van der Waals surface area contributed by atoms with Crippen molar-refractivity contribution >= 4 is 5.97 Å². The van der Waals surface area contributed by atoms with Gasteiger partial charge in [0.1, 0.15) is 0 Å². The van der Waals surface area contributed by atoms with Gasteiger partial charge in [0.2, 0.25) is 0 Å². The molecule has 4 nitrogen and oxygen atoms in total. The fourth-order valence-electron chi connectivity index (χ4n) is 1.56. The maximum atomic E-state index is 10.4. The van der Waals surface area contributed by atoms with Crippen LogP contribution in [0.2, 0.25) is 0 Å². The zero-order chi connectivity index (χ0) is 12.6. The molecule has 0 aliphatic heterocycles. The van der Waals surface area contributed by atoms with Crippen LogP contribution in [-0.4, -0.2) is 48.3 Å². The Morgan fingerprint density at radius 3 is 2.38 bits per heavy atom. The SMILES string of the molecule is COC(C)CN(CCCCC(=O)O)C(C)C. The van der Waals surface area contributed by atoms with Gasteiger partial charge < -0.3 is 9.84 Å². The first-order valence-electron chi connectivity index (χ1n) is 5.96. The summed E-state index contributed by atoms with van der Waals surface area (Å²) in [5.41, 5.74) is 0. The minimum absolute atomic E-state index is 0.224. The number of unbranched alkanes of at least 4 members (excludes halogenated alkanes) is 1. The molecule has 0 rings (SSSR count). The summed E-state index contributed by atoms with van der Waals surface area (Å²) in [4.78, 5) is 12.7. The number of rotatable bonds is 9. The quantitative estimate of drug-likeness (QED) is 0.616. The van der Waals surface area contributed by atoms with Crippen LogP contribution in [0.5, 0.6) is 0 Å². The van der Waals surface area contributed by atoms with Gasteiger partial charge in [-0.3, -0.25) is 9.69 Å². The molecule has 0 spiro atoms. The summed E-state index contributed by atoms with van der Waals surface area (Å²) in [6.07, 6.45) is 2.17. The second kappa shape index (κ2) is 8.53. The van der Waals surface area contributed by atoms with Gasteiger partial charge in [0.15, 0.2) is 0 Å². The molecule has 1 atom stereocenters. The summed E-state index contributed by atoms with van der Waals surface area (Å²) >= 11 is 0. The van der Waals surface area contributed by atoms with Crippen molar-refractivity contribution < 1.29 is 14.6 Å². The van der Waals surface area contributed by atoms with Crippen molar-refractivity contribution in [2.75, 3.05) is 20.2 Å². The highest BCUT2D eigenvalue weighted by Gasteiger charge is 2.12. The average molecular weight is 231 g/mol. The summed E-state index contributed by atoms with van der Waals surface area (Å²) in [6.45, 7) is 8.20. The van der Waals surface area contributed by atoms with Gasteiger partial charge in [-0.2, -0.15) is 0 Å². The largest absolute Gasteiger partial charge is 0.481 e. The third kappa shape index (κ3) is 7.65. The van der Waals surface area contributed by atoms with E-state index in [0.29, 0.717) is 6.04 Å². The summed E-state index contributed by atoms with van der Waals surface area (Å²) in [5.74, 6) is -0.707. The highest BCUT2D eigenvalue weighted by Crippen LogP contribution is 2.05. The van der Waals surface area contributed by atoms with Crippen LogP contribution >= 0.6 is 0 Å². The average Bonchev–Trinajstić information content (AvgIpc) is 2.21. The van der Waals surface area contributed by atoms with Crippen molar-refractivity contribution in [2.24, 2.45) is 0 Å². The van der Waals surface area contributed by atoms with Crippen molar-refractivity contribution in [1.29, 1.82) is 0 Å². The first-order valence-corrected chi connectivity index (χ1v) is 5.96. The van der Waals surface area contributed by atoms with Gasteiger partial charge in [-0.15, -0.1) is 0 Å². The van der Waals surface area contributed by atoms with Crippen molar-refractivity contribution in [2.45, 2.75) is 52.2 Å². The Kier molecular flexibility index (Phi) is 8.21. The molecule has 96 valence electrons. The Morgan fingerprint density at radius 1 is 1.31 bits per heavy atom. The number of aliphatic carboxylic acids is 1.